The normalized spacial score (nSPS) is 10.6. The third-order valence-corrected chi connectivity index (χ3v) is 2.93. The molecule has 0 spiro atoms. The minimum Gasteiger partial charge on any atom is -0.496 e. The number of aliphatic hydroxyl groups excluding tert-OH is 1. The fourth-order valence-corrected chi connectivity index (χ4v) is 1.93. The zero-order chi connectivity index (χ0) is 14.4. The van der Waals surface area contributed by atoms with Gasteiger partial charge >= 0.3 is 0 Å². The number of aliphatic hydroxyl groups is 1. The van der Waals surface area contributed by atoms with Gasteiger partial charge in [-0.1, -0.05) is 6.07 Å². The Labute approximate surface area is 114 Å². The first kappa shape index (κ1) is 15.3. The summed E-state index contributed by atoms with van der Waals surface area (Å²) >= 11 is 0. The van der Waals surface area contributed by atoms with Crippen molar-refractivity contribution in [3.8, 4) is 5.75 Å². The molecule has 0 bridgehead atoms. The van der Waals surface area contributed by atoms with Crippen LogP contribution in [-0.2, 0) is 0 Å². The highest BCUT2D eigenvalue weighted by Gasteiger charge is 2.23. The molecule has 0 unspecified atom stereocenters. The van der Waals surface area contributed by atoms with Crippen molar-refractivity contribution in [2.75, 3.05) is 26.0 Å². The number of amides is 1. The largest absolute Gasteiger partial charge is 0.496 e. The Morgan fingerprint density at radius 2 is 2.16 bits per heavy atom. The highest BCUT2D eigenvalue weighted by Crippen LogP contribution is 2.26. The number of anilines is 1. The van der Waals surface area contributed by atoms with Gasteiger partial charge in [0.2, 0.25) is 0 Å². The first-order valence-electron chi connectivity index (χ1n) is 6.37. The number of carbonyl (C=O) groups excluding carboxylic acids is 1. The summed E-state index contributed by atoms with van der Waals surface area (Å²) in [6.45, 7) is 4.41. The molecule has 0 aliphatic rings. The predicted molar refractivity (Wildman–Crippen MR) is 75.3 cm³/mol. The number of hydrogen-bond donors (Lipinski definition) is 2. The number of rotatable bonds is 6. The van der Waals surface area contributed by atoms with Crippen molar-refractivity contribution >= 4 is 11.6 Å². The number of methoxy groups -OCH3 is 1. The average Bonchev–Trinajstić information content (AvgIpc) is 2.38. The van der Waals surface area contributed by atoms with Crippen molar-refractivity contribution in [3.63, 3.8) is 0 Å². The van der Waals surface area contributed by atoms with Gasteiger partial charge in [0, 0.05) is 24.9 Å². The Bertz CT molecular complexity index is 433. The Morgan fingerprint density at radius 3 is 2.68 bits per heavy atom. The maximum atomic E-state index is 12.6. The molecule has 1 aromatic carbocycles. The van der Waals surface area contributed by atoms with E-state index in [2.05, 4.69) is 0 Å². The zero-order valence-corrected chi connectivity index (χ0v) is 11.7. The average molecular weight is 266 g/mol. The van der Waals surface area contributed by atoms with Gasteiger partial charge in [-0.05, 0) is 32.4 Å². The van der Waals surface area contributed by atoms with Crippen LogP contribution in [0.3, 0.4) is 0 Å². The van der Waals surface area contributed by atoms with Gasteiger partial charge in [-0.3, -0.25) is 4.79 Å². The summed E-state index contributed by atoms with van der Waals surface area (Å²) in [4.78, 5) is 14.3. The topological polar surface area (TPSA) is 75.8 Å². The van der Waals surface area contributed by atoms with Gasteiger partial charge in [0.25, 0.3) is 5.91 Å². The maximum Gasteiger partial charge on any atom is 0.259 e. The Kier molecular flexibility index (Phi) is 5.63. The van der Waals surface area contributed by atoms with Crippen LogP contribution in [0.15, 0.2) is 18.2 Å². The summed E-state index contributed by atoms with van der Waals surface area (Å²) in [5.41, 5.74) is 6.68. The van der Waals surface area contributed by atoms with E-state index in [9.17, 15) is 4.79 Å². The third-order valence-electron chi connectivity index (χ3n) is 2.93. The van der Waals surface area contributed by atoms with Crippen LogP contribution in [0.1, 0.15) is 30.6 Å². The van der Waals surface area contributed by atoms with Gasteiger partial charge < -0.3 is 20.5 Å². The molecule has 3 N–H and O–H groups in total. The molecule has 0 saturated heterocycles. The molecule has 19 heavy (non-hydrogen) atoms. The zero-order valence-electron chi connectivity index (χ0n) is 11.7. The summed E-state index contributed by atoms with van der Waals surface area (Å²) in [6, 6.07) is 5.18. The van der Waals surface area contributed by atoms with E-state index in [0.29, 0.717) is 30.0 Å². The molecule has 0 atom stereocenters. The van der Waals surface area contributed by atoms with Crippen LogP contribution in [0.4, 0.5) is 5.69 Å². The number of ether oxygens (including phenoxy) is 1. The predicted octanol–water partition coefficient (Wildman–Crippen LogP) is 1.51. The van der Waals surface area contributed by atoms with Gasteiger partial charge in [-0.15, -0.1) is 0 Å². The van der Waals surface area contributed by atoms with Gasteiger partial charge in [-0.25, -0.2) is 0 Å². The highest BCUT2D eigenvalue weighted by molar-refractivity contribution is 6.02. The molecule has 5 nitrogen and oxygen atoms in total. The summed E-state index contributed by atoms with van der Waals surface area (Å²) in [7, 11) is 1.51. The van der Waals surface area contributed by atoms with Gasteiger partial charge in [0.05, 0.1) is 7.11 Å². The second kappa shape index (κ2) is 6.99. The first-order valence-corrected chi connectivity index (χ1v) is 6.37. The van der Waals surface area contributed by atoms with Crippen molar-refractivity contribution in [3.05, 3.63) is 23.8 Å². The molecule has 0 aromatic heterocycles. The van der Waals surface area contributed by atoms with Crippen LogP contribution in [-0.4, -0.2) is 42.2 Å². The van der Waals surface area contributed by atoms with Gasteiger partial charge in [0.1, 0.15) is 11.3 Å². The van der Waals surface area contributed by atoms with Crippen LogP contribution >= 0.6 is 0 Å². The molecule has 0 radical (unpaired) electrons. The first-order chi connectivity index (χ1) is 9.02. The van der Waals surface area contributed by atoms with Crippen molar-refractivity contribution in [1.29, 1.82) is 0 Å². The quantitative estimate of drug-likeness (QED) is 0.765. The van der Waals surface area contributed by atoms with Gasteiger partial charge in [-0.2, -0.15) is 0 Å². The summed E-state index contributed by atoms with van der Waals surface area (Å²) in [5.74, 6) is 0.304. The van der Waals surface area contributed by atoms with E-state index in [1.807, 2.05) is 13.8 Å². The van der Waals surface area contributed by atoms with E-state index < -0.39 is 0 Å². The van der Waals surface area contributed by atoms with Crippen molar-refractivity contribution in [2.45, 2.75) is 26.3 Å². The third kappa shape index (κ3) is 3.61. The maximum absolute atomic E-state index is 12.6. The molecule has 1 rings (SSSR count). The highest BCUT2D eigenvalue weighted by atomic mass is 16.5. The fourth-order valence-electron chi connectivity index (χ4n) is 1.93. The Morgan fingerprint density at radius 1 is 1.47 bits per heavy atom. The number of benzene rings is 1. The van der Waals surface area contributed by atoms with Crippen molar-refractivity contribution in [2.24, 2.45) is 0 Å². The number of nitrogens with two attached hydrogens (primary N) is 1. The molecule has 1 amide bonds. The Balaban J connectivity index is 3.09. The minimum absolute atomic E-state index is 0.0309. The van der Waals surface area contributed by atoms with E-state index in [-0.39, 0.29) is 18.6 Å². The summed E-state index contributed by atoms with van der Waals surface area (Å²) in [6.07, 6.45) is 0.541. The standard InChI is InChI=1S/C14H22N2O3/c1-10(2)16(8-5-9-17)14(18)13-11(15)6-4-7-12(13)19-3/h4,6-7,10,17H,5,8-9,15H2,1-3H3. The molecule has 0 saturated carbocycles. The van der Waals surface area contributed by atoms with Crippen molar-refractivity contribution < 1.29 is 14.6 Å². The molecule has 0 heterocycles. The SMILES string of the molecule is COc1cccc(N)c1C(=O)N(CCCO)C(C)C. The molecular formula is C14H22N2O3. The van der Waals surface area contributed by atoms with Crippen LogP contribution in [0.5, 0.6) is 5.75 Å². The number of nitrogen functional groups attached to an aromatic ring is 1. The molecule has 0 aliphatic carbocycles. The molecule has 1 aromatic rings. The number of nitrogens with zero attached hydrogens (tertiary/aromatic N) is 1. The van der Waals surface area contributed by atoms with E-state index >= 15 is 0 Å². The number of hydrogen-bond acceptors (Lipinski definition) is 4. The van der Waals surface area contributed by atoms with E-state index in [1.54, 1.807) is 23.1 Å². The smallest absolute Gasteiger partial charge is 0.259 e. The lowest BCUT2D eigenvalue weighted by Crippen LogP contribution is -2.38. The lowest BCUT2D eigenvalue weighted by molar-refractivity contribution is 0.0691. The second-order valence-corrected chi connectivity index (χ2v) is 4.59. The summed E-state index contributed by atoms with van der Waals surface area (Å²) in [5, 5.41) is 8.92. The van der Waals surface area contributed by atoms with E-state index in [0.717, 1.165) is 0 Å². The van der Waals surface area contributed by atoms with Gasteiger partial charge in [0.15, 0.2) is 0 Å². The second-order valence-electron chi connectivity index (χ2n) is 4.59. The lowest BCUT2D eigenvalue weighted by Gasteiger charge is -2.27. The molecule has 106 valence electrons. The van der Waals surface area contributed by atoms with E-state index in [4.69, 9.17) is 15.6 Å². The van der Waals surface area contributed by atoms with Crippen LogP contribution in [0.2, 0.25) is 0 Å². The molecule has 0 aliphatic heterocycles. The summed E-state index contributed by atoms with van der Waals surface area (Å²) < 4.78 is 5.20. The lowest BCUT2D eigenvalue weighted by atomic mass is 10.1. The monoisotopic (exact) mass is 266 g/mol. The number of carbonyl (C=O) groups is 1. The Hall–Kier alpha value is -1.75. The molecule has 5 heteroatoms. The van der Waals surface area contributed by atoms with Crippen LogP contribution in [0.25, 0.3) is 0 Å². The molecule has 0 fully saturated rings. The van der Waals surface area contributed by atoms with Crippen molar-refractivity contribution in [1.82, 2.24) is 4.90 Å². The molecular weight excluding hydrogens is 244 g/mol. The fraction of sp³-hybridized carbons (Fsp3) is 0.500. The minimum atomic E-state index is -0.168. The van der Waals surface area contributed by atoms with E-state index in [1.165, 1.54) is 7.11 Å². The van der Waals surface area contributed by atoms with Crippen LogP contribution in [0, 0.1) is 0 Å². The van der Waals surface area contributed by atoms with Crippen LogP contribution < -0.4 is 10.5 Å².